The Morgan fingerprint density at radius 3 is 2.31 bits per heavy atom. The highest BCUT2D eigenvalue weighted by Gasteiger charge is 2.26. The molecule has 0 aliphatic carbocycles. The van der Waals surface area contributed by atoms with Crippen molar-refractivity contribution in [1.82, 2.24) is 10.6 Å². The van der Waals surface area contributed by atoms with Gasteiger partial charge in [-0.2, -0.15) is 0 Å². The first-order valence-electron chi connectivity index (χ1n) is 18.7. The number of rotatable bonds is 4. The van der Waals surface area contributed by atoms with Crippen LogP contribution in [0.15, 0.2) is 176 Å². The highest BCUT2D eigenvalue weighted by molar-refractivity contribution is 7.26. The summed E-state index contributed by atoms with van der Waals surface area (Å²) in [5.41, 5.74) is 9.62. The summed E-state index contributed by atoms with van der Waals surface area (Å²) in [4.78, 5) is 2.36. The predicted octanol–water partition coefficient (Wildman–Crippen LogP) is 11.2. The molecule has 0 amide bonds. The van der Waals surface area contributed by atoms with Crippen LogP contribution in [0.1, 0.15) is 47.8 Å². The second-order valence-electron chi connectivity index (χ2n) is 14.2. The smallest absolute Gasteiger partial charge is 0.105 e. The Labute approximate surface area is 319 Å². The third-order valence-electron chi connectivity index (χ3n) is 11.0. The molecule has 3 nitrogen and oxygen atoms in total. The maximum atomic E-state index is 3.94. The lowest BCUT2D eigenvalue weighted by atomic mass is 9.93. The minimum atomic E-state index is -0.0746. The molecule has 10 rings (SSSR count). The Kier molecular flexibility index (Phi) is 8.20. The molecule has 1 aromatic heterocycles. The lowest BCUT2D eigenvalue weighted by Crippen LogP contribution is -2.39. The quantitative estimate of drug-likeness (QED) is 0.190. The lowest BCUT2D eigenvalue weighted by molar-refractivity contribution is 0.445. The fraction of sp³-hybridized carbons (Fsp3) is 0.0800. The van der Waals surface area contributed by atoms with Crippen molar-refractivity contribution < 1.29 is 0 Å². The topological polar surface area (TPSA) is 27.3 Å². The minimum Gasteiger partial charge on any atom is -0.366 e. The summed E-state index contributed by atoms with van der Waals surface area (Å²) in [6.45, 7) is 2.28. The Balaban J connectivity index is 1.07. The van der Waals surface area contributed by atoms with Crippen molar-refractivity contribution in [2.75, 3.05) is 4.90 Å². The van der Waals surface area contributed by atoms with E-state index in [0.29, 0.717) is 0 Å². The molecule has 0 spiro atoms. The number of hydrogen-bond acceptors (Lipinski definition) is 4. The number of nitrogens with one attached hydrogen (secondary N) is 2. The van der Waals surface area contributed by atoms with E-state index in [0.717, 1.165) is 23.4 Å². The van der Waals surface area contributed by atoms with Crippen LogP contribution < -0.4 is 26.0 Å². The molecule has 0 radical (unpaired) electrons. The third kappa shape index (κ3) is 5.72. The molecule has 2 aliphatic rings. The predicted molar refractivity (Wildman–Crippen MR) is 230 cm³/mol. The van der Waals surface area contributed by atoms with Crippen LogP contribution in [-0.4, -0.2) is 0 Å². The van der Waals surface area contributed by atoms with Crippen LogP contribution in [-0.2, 0) is 0 Å². The molecule has 260 valence electrons. The molecule has 8 aromatic rings. The van der Waals surface area contributed by atoms with Crippen LogP contribution in [0.4, 0.5) is 11.4 Å². The largest absolute Gasteiger partial charge is 0.366 e. The molecule has 7 aromatic carbocycles. The van der Waals surface area contributed by atoms with Gasteiger partial charge in [-0.25, -0.2) is 0 Å². The van der Waals surface area contributed by atoms with E-state index in [2.05, 4.69) is 205 Å². The van der Waals surface area contributed by atoms with Crippen LogP contribution in [0.25, 0.3) is 48.3 Å². The van der Waals surface area contributed by atoms with Crippen molar-refractivity contribution in [2.24, 2.45) is 0 Å². The molecule has 0 bridgehead atoms. The summed E-state index contributed by atoms with van der Waals surface area (Å²) in [5.74, 6) is 0. The van der Waals surface area contributed by atoms with Crippen molar-refractivity contribution in [3.8, 4) is 0 Å². The van der Waals surface area contributed by atoms with E-state index in [4.69, 9.17) is 0 Å². The highest BCUT2D eigenvalue weighted by atomic mass is 32.1. The van der Waals surface area contributed by atoms with Crippen LogP contribution in [0, 0.1) is 0 Å². The first-order valence-corrected chi connectivity index (χ1v) is 19.6. The molecule has 54 heavy (non-hydrogen) atoms. The number of anilines is 2. The van der Waals surface area contributed by atoms with E-state index in [9.17, 15) is 0 Å². The summed E-state index contributed by atoms with van der Waals surface area (Å²) < 4.78 is 2.64. The fourth-order valence-electron chi connectivity index (χ4n) is 8.31. The summed E-state index contributed by atoms with van der Waals surface area (Å²) in [7, 11) is 0. The number of benzene rings is 7. The first kappa shape index (κ1) is 32.5. The molecule has 2 aliphatic heterocycles. The van der Waals surface area contributed by atoms with E-state index in [1.54, 1.807) is 0 Å². The Hall–Kier alpha value is -6.20. The van der Waals surface area contributed by atoms with Gasteiger partial charge in [-0.15, -0.1) is 11.3 Å². The molecule has 0 saturated carbocycles. The standard InChI is InChI=1S/C50H39N3S/c1-33-39-19-7-5-14-34(39)16-11-12-31-53(46-30-27-35-15-6-8-20-40(35)48(33)46)38-28-25-37(26-29-38)45-32-44(36-17-3-2-4-18-36)51-50(52-45)43-23-13-22-42-41-21-9-10-24-47(41)54-49(42)43/h2-10,12-32,44,50-52H,11H2,1H3/b31-12?,34-16-,39-33+. The van der Waals surface area contributed by atoms with Gasteiger partial charge in [0.1, 0.15) is 6.17 Å². The second-order valence-corrected chi connectivity index (χ2v) is 15.2. The zero-order chi connectivity index (χ0) is 36.0. The van der Waals surface area contributed by atoms with E-state index < -0.39 is 0 Å². The van der Waals surface area contributed by atoms with Gasteiger partial charge in [-0.1, -0.05) is 146 Å². The summed E-state index contributed by atoms with van der Waals surface area (Å²) in [6.07, 6.45) is 9.96. The van der Waals surface area contributed by atoms with Gasteiger partial charge in [-0.05, 0) is 81.6 Å². The molecule has 2 unspecified atom stereocenters. The molecule has 0 saturated heterocycles. The molecular formula is C50H39N3S. The Morgan fingerprint density at radius 2 is 1.43 bits per heavy atom. The monoisotopic (exact) mass is 713 g/mol. The van der Waals surface area contributed by atoms with Crippen molar-refractivity contribution in [2.45, 2.75) is 25.6 Å². The first-order chi connectivity index (χ1) is 26.7. The lowest BCUT2D eigenvalue weighted by Gasteiger charge is -2.33. The van der Waals surface area contributed by atoms with E-state index in [1.807, 2.05) is 11.3 Å². The number of allylic oxidation sites excluding steroid dienone is 1. The molecule has 2 N–H and O–H groups in total. The maximum Gasteiger partial charge on any atom is 0.105 e. The Morgan fingerprint density at radius 1 is 0.667 bits per heavy atom. The van der Waals surface area contributed by atoms with Crippen molar-refractivity contribution in [1.29, 1.82) is 0 Å². The SMILES string of the molecule is C/C1=c2/cccc/c2=C/CC=CN(c2ccc(C3=CC(c4ccccc4)NC(c4cccc5c4sc4ccccc45)N3)cc2)c2ccc3ccccc3c21. The zero-order valence-corrected chi connectivity index (χ0v) is 30.9. The van der Waals surface area contributed by atoms with E-state index in [-0.39, 0.29) is 12.2 Å². The minimum absolute atomic E-state index is 0.0412. The summed E-state index contributed by atoms with van der Waals surface area (Å²) in [6, 6.07) is 57.4. The number of fused-ring (bicyclic) bond motifs is 7. The van der Waals surface area contributed by atoms with Crippen molar-refractivity contribution in [3.63, 3.8) is 0 Å². The van der Waals surface area contributed by atoms with Gasteiger partial charge in [-0.3, -0.25) is 5.32 Å². The third-order valence-corrected chi connectivity index (χ3v) is 12.2. The molecule has 3 heterocycles. The van der Waals surface area contributed by atoms with Gasteiger partial charge in [0, 0.05) is 48.9 Å². The van der Waals surface area contributed by atoms with Crippen LogP contribution >= 0.6 is 11.3 Å². The van der Waals surface area contributed by atoms with Crippen LogP contribution in [0.5, 0.6) is 0 Å². The molecule has 0 fully saturated rings. The van der Waals surface area contributed by atoms with Gasteiger partial charge < -0.3 is 10.2 Å². The number of thiophene rings is 1. The maximum absolute atomic E-state index is 3.94. The average Bonchev–Trinajstić information content (AvgIpc) is 3.62. The Bertz CT molecular complexity index is 2880. The van der Waals surface area contributed by atoms with Gasteiger partial charge in [0.25, 0.3) is 0 Å². The molecule has 4 heteroatoms. The molecular weight excluding hydrogens is 675 g/mol. The van der Waals surface area contributed by atoms with Crippen molar-refractivity contribution in [3.05, 3.63) is 209 Å². The second kappa shape index (κ2) is 13.7. The molecule has 2 atom stereocenters. The fourth-order valence-corrected chi connectivity index (χ4v) is 9.56. The highest BCUT2D eigenvalue weighted by Crippen LogP contribution is 2.41. The van der Waals surface area contributed by atoms with Crippen LogP contribution in [0.2, 0.25) is 0 Å². The van der Waals surface area contributed by atoms with Crippen LogP contribution in [0.3, 0.4) is 0 Å². The average molecular weight is 714 g/mol. The summed E-state index contributed by atoms with van der Waals surface area (Å²) >= 11 is 1.88. The van der Waals surface area contributed by atoms with Crippen molar-refractivity contribution >= 4 is 71.0 Å². The normalized spacial score (nSPS) is 18.7. The van der Waals surface area contributed by atoms with Gasteiger partial charge in [0.05, 0.1) is 11.7 Å². The van der Waals surface area contributed by atoms with E-state index >= 15 is 0 Å². The number of hydrogen-bond donors (Lipinski definition) is 2. The number of nitrogens with zero attached hydrogens (tertiary/aromatic N) is 1. The zero-order valence-electron chi connectivity index (χ0n) is 30.0. The summed E-state index contributed by atoms with van der Waals surface area (Å²) in [5, 5.41) is 15.5. The van der Waals surface area contributed by atoms with Gasteiger partial charge >= 0.3 is 0 Å². The van der Waals surface area contributed by atoms with Gasteiger partial charge in [0.2, 0.25) is 0 Å². The van der Waals surface area contributed by atoms with Gasteiger partial charge in [0.15, 0.2) is 0 Å². The van der Waals surface area contributed by atoms with E-state index in [1.165, 1.54) is 69.3 Å².